The van der Waals surface area contributed by atoms with Crippen molar-refractivity contribution in [3.05, 3.63) is 63.6 Å². The van der Waals surface area contributed by atoms with Crippen LogP contribution in [0.3, 0.4) is 0 Å². The molecule has 0 saturated heterocycles. The molecule has 4 nitrogen and oxygen atoms in total. The van der Waals surface area contributed by atoms with Gasteiger partial charge in [-0.3, -0.25) is 4.79 Å². The van der Waals surface area contributed by atoms with Crippen LogP contribution in [0, 0.1) is 18.3 Å². The van der Waals surface area contributed by atoms with E-state index in [1.165, 1.54) is 0 Å². The largest absolute Gasteiger partial charge is 0.493 e. The fraction of sp³-hybridized carbons (Fsp3) is 0.158. The summed E-state index contributed by atoms with van der Waals surface area (Å²) in [5.41, 5.74) is 2.47. The monoisotopic (exact) mass is 384 g/mol. The minimum Gasteiger partial charge on any atom is -0.493 e. The van der Waals surface area contributed by atoms with Gasteiger partial charge in [0.25, 0.3) is 5.91 Å². The molecule has 0 saturated carbocycles. The van der Waals surface area contributed by atoms with Crippen molar-refractivity contribution in [3.63, 3.8) is 0 Å². The van der Waals surface area contributed by atoms with Gasteiger partial charge in [0.05, 0.1) is 11.1 Å². The number of rotatable bonds is 5. The van der Waals surface area contributed by atoms with E-state index in [0.29, 0.717) is 12.3 Å². The third-order valence-electron chi connectivity index (χ3n) is 3.21. The fourth-order valence-electron chi connectivity index (χ4n) is 2.12. The molecule has 0 unspecified atom stereocenters. The van der Waals surface area contributed by atoms with Crippen LogP contribution in [-0.4, -0.2) is 12.5 Å². The van der Waals surface area contributed by atoms with Gasteiger partial charge in [0.15, 0.2) is 0 Å². The number of halogens is 1. The van der Waals surface area contributed by atoms with E-state index in [4.69, 9.17) is 4.74 Å². The smallest absolute Gasteiger partial charge is 0.266 e. The molecular weight excluding hydrogens is 368 g/mol. The number of nitriles is 1. The molecule has 24 heavy (non-hydrogen) atoms. The summed E-state index contributed by atoms with van der Waals surface area (Å²) < 4.78 is 6.22. The molecule has 0 aliphatic carbocycles. The molecule has 0 radical (unpaired) electrons. The van der Waals surface area contributed by atoms with Crippen molar-refractivity contribution in [2.45, 2.75) is 13.8 Å². The molecular formula is C19H17BrN2O2. The summed E-state index contributed by atoms with van der Waals surface area (Å²) >= 11 is 3.42. The van der Waals surface area contributed by atoms with E-state index in [1.807, 2.05) is 44.2 Å². The summed E-state index contributed by atoms with van der Waals surface area (Å²) in [4.78, 5) is 12.3. The molecule has 0 heterocycles. The number of hydrogen-bond donors (Lipinski definition) is 1. The molecule has 0 aromatic heterocycles. The van der Waals surface area contributed by atoms with Crippen molar-refractivity contribution in [1.29, 1.82) is 5.26 Å². The van der Waals surface area contributed by atoms with Crippen LogP contribution in [0.25, 0.3) is 6.08 Å². The van der Waals surface area contributed by atoms with Crippen LogP contribution < -0.4 is 10.1 Å². The lowest BCUT2D eigenvalue weighted by molar-refractivity contribution is -0.112. The first kappa shape index (κ1) is 17.8. The van der Waals surface area contributed by atoms with Gasteiger partial charge in [-0.1, -0.05) is 18.2 Å². The SMILES string of the molecule is CCOc1ccc(/C=C(/C#N)C(=O)Nc2cccc(C)c2)cc1Br. The molecule has 2 rings (SSSR count). The van der Waals surface area contributed by atoms with Crippen LogP contribution >= 0.6 is 15.9 Å². The fourth-order valence-corrected chi connectivity index (χ4v) is 2.63. The van der Waals surface area contributed by atoms with E-state index in [-0.39, 0.29) is 5.57 Å². The van der Waals surface area contributed by atoms with E-state index in [1.54, 1.807) is 24.3 Å². The first-order valence-corrected chi connectivity index (χ1v) is 8.25. The van der Waals surface area contributed by atoms with Crippen LogP contribution in [0.4, 0.5) is 5.69 Å². The average molecular weight is 385 g/mol. The van der Waals surface area contributed by atoms with Gasteiger partial charge in [0, 0.05) is 5.69 Å². The van der Waals surface area contributed by atoms with Gasteiger partial charge in [-0.2, -0.15) is 5.26 Å². The van der Waals surface area contributed by atoms with Crippen LogP contribution in [0.15, 0.2) is 52.5 Å². The van der Waals surface area contributed by atoms with Crippen molar-refractivity contribution in [1.82, 2.24) is 0 Å². The molecule has 2 aromatic carbocycles. The Kier molecular flexibility index (Phi) is 6.16. The van der Waals surface area contributed by atoms with Crippen molar-refractivity contribution in [3.8, 4) is 11.8 Å². The third-order valence-corrected chi connectivity index (χ3v) is 3.83. The maximum atomic E-state index is 12.3. The van der Waals surface area contributed by atoms with Gasteiger partial charge in [-0.25, -0.2) is 0 Å². The molecule has 0 fully saturated rings. The lowest BCUT2D eigenvalue weighted by Crippen LogP contribution is -2.13. The number of hydrogen-bond acceptors (Lipinski definition) is 3. The highest BCUT2D eigenvalue weighted by molar-refractivity contribution is 9.10. The van der Waals surface area contributed by atoms with E-state index in [9.17, 15) is 10.1 Å². The summed E-state index contributed by atoms with van der Waals surface area (Å²) in [5.74, 6) is 0.283. The second-order valence-electron chi connectivity index (χ2n) is 5.12. The molecule has 122 valence electrons. The number of nitrogens with zero attached hydrogens (tertiary/aromatic N) is 1. The zero-order valence-corrected chi connectivity index (χ0v) is 15.1. The highest BCUT2D eigenvalue weighted by atomic mass is 79.9. The number of carbonyl (C=O) groups is 1. The van der Waals surface area contributed by atoms with Gasteiger partial charge < -0.3 is 10.1 Å². The molecule has 0 spiro atoms. The Hall–Kier alpha value is -2.58. The Morgan fingerprint density at radius 2 is 2.12 bits per heavy atom. The quantitative estimate of drug-likeness (QED) is 0.599. The normalized spacial score (nSPS) is 10.8. The molecule has 5 heteroatoms. The van der Waals surface area contributed by atoms with E-state index in [0.717, 1.165) is 21.3 Å². The lowest BCUT2D eigenvalue weighted by atomic mass is 10.1. The van der Waals surface area contributed by atoms with Crippen molar-refractivity contribution < 1.29 is 9.53 Å². The number of carbonyl (C=O) groups excluding carboxylic acids is 1. The number of nitrogens with one attached hydrogen (secondary N) is 1. The Morgan fingerprint density at radius 1 is 1.33 bits per heavy atom. The first-order valence-electron chi connectivity index (χ1n) is 7.45. The van der Waals surface area contributed by atoms with Gasteiger partial charge >= 0.3 is 0 Å². The zero-order valence-electron chi connectivity index (χ0n) is 13.5. The summed E-state index contributed by atoms with van der Waals surface area (Å²) in [7, 11) is 0. The number of aryl methyl sites for hydroxylation is 1. The van der Waals surface area contributed by atoms with Crippen molar-refractivity contribution >= 4 is 33.6 Å². The molecule has 0 aliphatic rings. The van der Waals surface area contributed by atoms with Gasteiger partial charge in [0.2, 0.25) is 0 Å². The first-order chi connectivity index (χ1) is 11.5. The third kappa shape index (κ3) is 4.71. The minimum absolute atomic E-state index is 0.0348. The zero-order chi connectivity index (χ0) is 17.5. The molecule has 1 amide bonds. The number of benzene rings is 2. The van der Waals surface area contributed by atoms with E-state index < -0.39 is 5.91 Å². The minimum atomic E-state index is -0.437. The maximum absolute atomic E-state index is 12.3. The standard InChI is InChI=1S/C19H17BrN2O2/c1-3-24-18-8-7-14(11-17(18)20)10-15(12-21)19(23)22-16-6-4-5-13(2)9-16/h4-11H,3H2,1-2H3,(H,22,23)/b15-10-. The summed E-state index contributed by atoms with van der Waals surface area (Å²) in [5, 5.41) is 12.0. The predicted molar refractivity (Wildman–Crippen MR) is 98.7 cm³/mol. The molecule has 0 atom stereocenters. The summed E-state index contributed by atoms with van der Waals surface area (Å²) in [6.45, 7) is 4.41. The number of anilines is 1. The summed E-state index contributed by atoms with van der Waals surface area (Å²) in [6, 6.07) is 14.8. The van der Waals surface area contributed by atoms with E-state index in [2.05, 4.69) is 21.2 Å². The Bertz CT molecular complexity index is 822. The van der Waals surface area contributed by atoms with Gasteiger partial charge in [-0.15, -0.1) is 0 Å². The second kappa shape index (κ2) is 8.32. The topological polar surface area (TPSA) is 62.1 Å². The lowest BCUT2D eigenvalue weighted by Gasteiger charge is -2.07. The van der Waals surface area contributed by atoms with E-state index >= 15 is 0 Å². The molecule has 2 aromatic rings. The van der Waals surface area contributed by atoms with Crippen LogP contribution in [0.2, 0.25) is 0 Å². The number of ether oxygens (including phenoxy) is 1. The Labute approximate surface area is 149 Å². The van der Waals surface area contributed by atoms with Gasteiger partial charge in [-0.05, 0) is 71.2 Å². The Balaban J connectivity index is 2.21. The summed E-state index contributed by atoms with van der Waals surface area (Å²) in [6.07, 6.45) is 1.55. The predicted octanol–water partition coefficient (Wildman–Crippen LogP) is 4.70. The Morgan fingerprint density at radius 3 is 2.75 bits per heavy atom. The maximum Gasteiger partial charge on any atom is 0.266 e. The molecule has 0 bridgehead atoms. The van der Waals surface area contributed by atoms with Crippen molar-refractivity contribution in [2.75, 3.05) is 11.9 Å². The highest BCUT2D eigenvalue weighted by Gasteiger charge is 2.10. The van der Waals surface area contributed by atoms with Crippen LogP contribution in [0.1, 0.15) is 18.1 Å². The van der Waals surface area contributed by atoms with Crippen molar-refractivity contribution in [2.24, 2.45) is 0 Å². The average Bonchev–Trinajstić information content (AvgIpc) is 2.55. The highest BCUT2D eigenvalue weighted by Crippen LogP contribution is 2.27. The van der Waals surface area contributed by atoms with Crippen LogP contribution in [-0.2, 0) is 4.79 Å². The van der Waals surface area contributed by atoms with Crippen LogP contribution in [0.5, 0.6) is 5.75 Å². The number of amides is 1. The molecule has 0 aliphatic heterocycles. The van der Waals surface area contributed by atoms with Gasteiger partial charge in [0.1, 0.15) is 17.4 Å². The second-order valence-corrected chi connectivity index (χ2v) is 5.97. The molecule has 1 N–H and O–H groups in total.